The van der Waals surface area contributed by atoms with E-state index in [1.165, 1.54) is 7.11 Å². The molecule has 1 aromatic rings. The van der Waals surface area contributed by atoms with Crippen molar-refractivity contribution in [1.82, 2.24) is 5.32 Å². The second-order valence-corrected chi connectivity index (χ2v) is 6.80. The topological polar surface area (TPSA) is 88.9 Å². The molecular formula is C19H28N3O4+. The maximum Gasteiger partial charge on any atom is 0.309 e. The van der Waals surface area contributed by atoms with Crippen LogP contribution in [0.2, 0.25) is 0 Å². The van der Waals surface area contributed by atoms with Crippen molar-refractivity contribution >= 4 is 23.5 Å². The van der Waals surface area contributed by atoms with Gasteiger partial charge < -0.3 is 20.3 Å². The summed E-state index contributed by atoms with van der Waals surface area (Å²) in [5.74, 6) is -0.633. The summed E-state index contributed by atoms with van der Waals surface area (Å²) < 4.78 is 4.76. The van der Waals surface area contributed by atoms with E-state index in [2.05, 4.69) is 10.6 Å². The number of nitrogens with one attached hydrogen (secondary N) is 3. The number of hydrogen-bond acceptors (Lipinski definition) is 4. The van der Waals surface area contributed by atoms with Crippen molar-refractivity contribution in [3.63, 3.8) is 0 Å². The van der Waals surface area contributed by atoms with Crippen LogP contribution in [0.25, 0.3) is 0 Å². The number of benzene rings is 1. The Bertz CT molecular complexity index is 667. The highest BCUT2D eigenvalue weighted by molar-refractivity contribution is 5.95. The van der Waals surface area contributed by atoms with Crippen LogP contribution in [-0.4, -0.2) is 51.1 Å². The molecule has 0 unspecified atom stereocenters. The summed E-state index contributed by atoms with van der Waals surface area (Å²) in [5.41, 5.74) is 2.88. The lowest BCUT2D eigenvalue weighted by atomic mass is 9.97. The molecule has 2 rings (SSSR count). The molecule has 1 heterocycles. The van der Waals surface area contributed by atoms with Crippen molar-refractivity contribution in [3.8, 4) is 0 Å². The maximum absolute atomic E-state index is 12.1. The van der Waals surface area contributed by atoms with Crippen LogP contribution >= 0.6 is 0 Å². The normalized spacial score (nSPS) is 19.5. The molecule has 0 aliphatic carbocycles. The van der Waals surface area contributed by atoms with Gasteiger partial charge in [0, 0.05) is 18.5 Å². The zero-order valence-corrected chi connectivity index (χ0v) is 15.7. The van der Waals surface area contributed by atoms with Crippen LogP contribution in [0.4, 0.5) is 5.69 Å². The molecule has 1 saturated heterocycles. The van der Waals surface area contributed by atoms with E-state index in [-0.39, 0.29) is 30.2 Å². The maximum atomic E-state index is 12.1. The highest BCUT2D eigenvalue weighted by Gasteiger charge is 2.29. The minimum atomic E-state index is -0.244. The Hall–Kier alpha value is -2.41. The molecule has 1 aliphatic heterocycles. The van der Waals surface area contributed by atoms with E-state index in [1.807, 2.05) is 32.0 Å². The lowest BCUT2D eigenvalue weighted by Gasteiger charge is -2.27. The Labute approximate surface area is 154 Å². The standard InChI is InChI=1S/C19H27N3O4/c1-13-5-4-6-16(14(13)2)21-17(23)11-20-18(24)12-22-9-7-15(8-10-22)19(25)26-3/h4-6,15H,7-12H2,1-3H3,(H,20,24)(H,21,23)/p+1. The number of amides is 2. The van der Waals surface area contributed by atoms with E-state index >= 15 is 0 Å². The number of ether oxygens (including phenoxy) is 1. The minimum absolute atomic E-state index is 0.0513. The second-order valence-electron chi connectivity index (χ2n) is 6.80. The van der Waals surface area contributed by atoms with Crippen molar-refractivity contribution in [1.29, 1.82) is 0 Å². The zero-order valence-electron chi connectivity index (χ0n) is 15.7. The van der Waals surface area contributed by atoms with Crippen molar-refractivity contribution in [3.05, 3.63) is 29.3 Å². The van der Waals surface area contributed by atoms with E-state index < -0.39 is 0 Å². The fraction of sp³-hybridized carbons (Fsp3) is 0.526. The molecule has 1 aromatic carbocycles. The molecule has 26 heavy (non-hydrogen) atoms. The smallest absolute Gasteiger partial charge is 0.309 e. The highest BCUT2D eigenvalue weighted by atomic mass is 16.5. The fourth-order valence-corrected chi connectivity index (χ4v) is 3.15. The van der Waals surface area contributed by atoms with Crippen molar-refractivity contribution in [2.24, 2.45) is 5.92 Å². The van der Waals surface area contributed by atoms with E-state index in [9.17, 15) is 14.4 Å². The van der Waals surface area contributed by atoms with Crippen LogP contribution < -0.4 is 15.5 Å². The Morgan fingerprint density at radius 1 is 1.15 bits per heavy atom. The third-order valence-corrected chi connectivity index (χ3v) is 4.96. The van der Waals surface area contributed by atoms with Gasteiger partial charge in [-0.25, -0.2) is 0 Å². The number of methoxy groups -OCH3 is 1. The molecule has 7 nitrogen and oxygen atoms in total. The van der Waals surface area contributed by atoms with E-state index in [0.717, 1.165) is 47.6 Å². The van der Waals surface area contributed by atoms with Gasteiger partial charge in [0.25, 0.3) is 5.91 Å². The summed E-state index contributed by atoms with van der Waals surface area (Å²) in [7, 11) is 1.40. The summed E-state index contributed by atoms with van der Waals surface area (Å²) in [4.78, 5) is 36.7. The van der Waals surface area contributed by atoms with Gasteiger partial charge in [-0.2, -0.15) is 0 Å². The Morgan fingerprint density at radius 3 is 2.50 bits per heavy atom. The number of rotatable bonds is 6. The van der Waals surface area contributed by atoms with Crippen LogP contribution in [0.5, 0.6) is 0 Å². The van der Waals surface area contributed by atoms with Crippen LogP contribution in [0.15, 0.2) is 18.2 Å². The molecule has 0 atom stereocenters. The lowest BCUT2D eigenvalue weighted by molar-refractivity contribution is -0.897. The minimum Gasteiger partial charge on any atom is -0.469 e. The van der Waals surface area contributed by atoms with Gasteiger partial charge in [-0.3, -0.25) is 14.4 Å². The van der Waals surface area contributed by atoms with Crippen molar-refractivity contribution < 1.29 is 24.0 Å². The molecule has 0 spiro atoms. The molecule has 0 radical (unpaired) electrons. The number of aryl methyl sites for hydroxylation is 1. The lowest BCUT2D eigenvalue weighted by Crippen LogP contribution is -3.14. The molecule has 142 valence electrons. The average molecular weight is 362 g/mol. The van der Waals surface area contributed by atoms with Gasteiger partial charge >= 0.3 is 5.97 Å². The van der Waals surface area contributed by atoms with Gasteiger partial charge in [0.1, 0.15) is 0 Å². The van der Waals surface area contributed by atoms with Gasteiger partial charge in [-0.1, -0.05) is 12.1 Å². The molecule has 7 heteroatoms. The first kappa shape index (κ1) is 19.9. The molecule has 0 aromatic heterocycles. The van der Waals surface area contributed by atoms with Crippen molar-refractivity contribution in [2.45, 2.75) is 26.7 Å². The van der Waals surface area contributed by atoms with Crippen LogP contribution in [0.3, 0.4) is 0 Å². The average Bonchev–Trinajstić information content (AvgIpc) is 2.64. The quantitative estimate of drug-likeness (QED) is 0.613. The van der Waals surface area contributed by atoms with Gasteiger partial charge in [-0.15, -0.1) is 0 Å². The van der Waals surface area contributed by atoms with E-state index in [4.69, 9.17) is 4.74 Å². The Kier molecular flexibility index (Phi) is 7.15. The number of anilines is 1. The first-order chi connectivity index (χ1) is 12.4. The first-order valence-corrected chi connectivity index (χ1v) is 8.95. The first-order valence-electron chi connectivity index (χ1n) is 8.95. The largest absolute Gasteiger partial charge is 0.469 e. The number of likely N-dealkylation sites (tertiary alicyclic amines) is 1. The molecule has 2 amide bonds. The Balaban J connectivity index is 1.71. The summed E-state index contributed by atoms with van der Waals surface area (Å²) in [6.45, 7) is 5.70. The van der Waals surface area contributed by atoms with Crippen LogP contribution in [0.1, 0.15) is 24.0 Å². The van der Waals surface area contributed by atoms with Gasteiger partial charge in [0.15, 0.2) is 6.54 Å². The second kappa shape index (κ2) is 9.33. The van der Waals surface area contributed by atoms with E-state index in [1.54, 1.807) is 0 Å². The number of quaternary nitrogens is 1. The van der Waals surface area contributed by atoms with Gasteiger partial charge in [0.2, 0.25) is 5.91 Å². The summed E-state index contributed by atoms with van der Waals surface area (Å²) in [6, 6.07) is 5.72. The predicted octanol–water partition coefficient (Wildman–Crippen LogP) is -0.174. The highest BCUT2D eigenvalue weighted by Crippen LogP contribution is 2.17. The third kappa shape index (κ3) is 5.56. The van der Waals surface area contributed by atoms with Crippen LogP contribution in [-0.2, 0) is 19.1 Å². The van der Waals surface area contributed by atoms with Gasteiger partial charge in [0.05, 0.1) is 32.7 Å². The molecular weight excluding hydrogens is 334 g/mol. The Morgan fingerprint density at radius 2 is 1.85 bits per heavy atom. The molecule has 0 bridgehead atoms. The fourth-order valence-electron chi connectivity index (χ4n) is 3.15. The molecule has 1 fully saturated rings. The zero-order chi connectivity index (χ0) is 19.1. The molecule has 0 saturated carbocycles. The number of esters is 1. The predicted molar refractivity (Wildman–Crippen MR) is 97.9 cm³/mol. The molecule has 3 N–H and O–H groups in total. The number of hydrogen-bond donors (Lipinski definition) is 3. The SMILES string of the molecule is COC(=O)C1CC[NH+](CC(=O)NCC(=O)Nc2cccc(C)c2C)CC1. The summed E-state index contributed by atoms with van der Waals surface area (Å²) in [6.07, 6.45) is 1.45. The monoisotopic (exact) mass is 362 g/mol. The molecule has 1 aliphatic rings. The number of carbonyl (C=O) groups is 3. The number of carbonyl (C=O) groups excluding carboxylic acids is 3. The van der Waals surface area contributed by atoms with Crippen molar-refractivity contribution in [2.75, 3.05) is 38.6 Å². The number of piperidine rings is 1. The van der Waals surface area contributed by atoms with Crippen LogP contribution in [0, 0.1) is 19.8 Å². The van der Waals surface area contributed by atoms with E-state index in [0.29, 0.717) is 6.54 Å². The van der Waals surface area contributed by atoms with Gasteiger partial charge in [-0.05, 0) is 31.0 Å². The summed E-state index contributed by atoms with van der Waals surface area (Å²) >= 11 is 0. The third-order valence-electron chi connectivity index (χ3n) is 4.96. The summed E-state index contributed by atoms with van der Waals surface area (Å²) in [5, 5.41) is 5.49.